The van der Waals surface area contributed by atoms with Crippen LogP contribution in [0.3, 0.4) is 0 Å². The highest BCUT2D eigenvalue weighted by molar-refractivity contribution is 5.94. The average Bonchev–Trinajstić information content (AvgIpc) is 2.46. The van der Waals surface area contributed by atoms with Gasteiger partial charge < -0.3 is 15.8 Å². The molecule has 5 heteroatoms. The summed E-state index contributed by atoms with van der Waals surface area (Å²) in [7, 11) is 0. The molecule has 5 nitrogen and oxygen atoms in total. The number of rotatable bonds is 5. The van der Waals surface area contributed by atoms with Crippen molar-refractivity contribution in [3.05, 3.63) is 29.6 Å². The van der Waals surface area contributed by atoms with Gasteiger partial charge in [0.1, 0.15) is 0 Å². The molecule has 1 aromatic heterocycles. The summed E-state index contributed by atoms with van der Waals surface area (Å²) in [6.07, 6.45) is 2.70. The van der Waals surface area contributed by atoms with Crippen LogP contribution in [0.25, 0.3) is 0 Å². The van der Waals surface area contributed by atoms with Crippen molar-refractivity contribution in [2.24, 2.45) is 11.1 Å². The molecule has 0 aromatic carbocycles. The third kappa shape index (κ3) is 2.83. The van der Waals surface area contributed by atoms with Crippen molar-refractivity contribution in [2.75, 3.05) is 6.61 Å². The Labute approximate surface area is 119 Å². The van der Waals surface area contributed by atoms with Crippen LogP contribution in [-0.2, 0) is 11.3 Å². The number of carbonyl (C=O) groups is 1. The van der Waals surface area contributed by atoms with E-state index in [4.69, 9.17) is 10.5 Å². The lowest BCUT2D eigenvalue weighted by molar-refractivity contribution is -0.111. The summed E-state index contributed by atoms with van der Waals surface area (Å²) in [6, 6.07) is 3.59. The fourth-order valence-corrected chi connectivity index (χ4v) is 2.59. The first kappa shape index (κ1) is 14.9. The van der Waals surface area contributed by atoms with Gasteiger partial charge in [-0.25, -0.2) is 0 Å². The molecule has 1 aliphatic rings. The second-order valence-corrected chi connectivity index (χ2v) is 5.77. The van der Waals surface area contributed by atoms with Crippen LogP contribution in [0, 0.1) is 5.41 Å². The fraction of sp³-hybridized carbons (Fsp3) is 0.600. The Kier molecular flexibility index (Phi) is 4.40. The Bertz CT molecular complexity index is 488. The number of nitrogens with one attached hydrogen (secondary N) is 1. The van der Waals surface area contributed by atoms with Gasteiger partial charge in [0.2, 0.25) is 0 Å². The van der Waals surface area contributed by atoms with E-state index in [2.05, 4.69) is 24.1 Å². The molecule has 2 unspecified atom stereocenters. The average molecular weight is 277 g/mol. The minimum absolute atomic E-state index is 0.0323. The van der Waals surface area contributed by atoms with Crippen molar-refractivity contribution in [2.45, 2.75) is 45.9 Å². The second kappa shape index (κ2) is 5.89. The highest BCUT2D eigenvalue weighted by Crippen LogP contribution is 2.42. The zero-order valence-corrected chi connectivity index (χ0v) is 12.3. The molecule has 1 fully saturated rings. The van der Waals surface area contributed by atoms with Gasteiger partial charge in [-0.3, -0.25) is 9.78 Å². The molecule has 1 heterocycles. The van der Waals surface area contributed by atoms with E-state index in [1.165, 1.54) is 0 Å². The predicted molar refractivity (Wildman–Crippen MR) is 77.2 cm³/mol. The van der Waals surface area contributed by atoms with Crippen LogP contribution in [0.2, 0.25) is 0 Å². The number of pyridine rings is 1. The van der Waals surface area contributed by atoms with Crippen molar-refractivity contribution in [1.82, 2.24) is 10.3 Å². The molecule has 1 aliphatic carbocycles. The molecular formula is C15H23N3O2. The number of amides is 1. The zero-order valence-electron chi connectivity index (χ0n) is 12.3. The summed E-state index contributed by atoms with van der Waals surface area (Å²) in [5, 5.41) is 3.08. The molecule has 2 rings (SSSR count). The number of nitrogens with zero attached hydrogens (tertiary/aromatic N) is 1. The first-order chi connectivity index (χ1) is 9.48. The van der Waals surface area contributed by atoms with Crippen molar-refractivity contribution in [3.63, 3.8) is 0 Å². The molecule has 0 aliphatic heterocycles. The molecule has 1 amide bonds. The van der Waals surface area contributed by atoms with Gasteiger partial charge in [-0.2, -0.15) is 0 Å². The van der Waals surface area contributed by atoms with E-state index in [1.807, 2.05) is 6.92 Å². The third-order valence-electron chi connectivity index (χ3n) is 4.14. The van der Waals surface area contributed by atoms with Gasteiger partial charge in [0.15, 0.2) is 0 Å². The van der Waals surface area contributed by atoms with Gasteiger partial charge in [0.25, 0.3) is 5.91 Å². The molecule has 1 aromatic rings. The van der Waals surface area contributed by atoms with E-state index in [-0.39, 0.29) is 23.5 Å². The van der Waals surface area contributed by atoms with Crippen molar-refractivity contribution in [3.8, 4) is 0 Å². The van der Waals surface area contributed by atoms with Gasteiger partial charge >= 0.3 is 0 Å². The minimum atomic E-state index is -0.0740. The lowest BCUT2D eigenvalue weighted by Gasteiger charge is -2.51. The standard InChI is InChI=1S/C15H23N3O2/c1-4-20-13-8-12(15(13,2)3)18-14(19)10-5-6-17-11(7-10)9-16/h5-7,12-13H,4,8-9,16H2,1-3H3,(H,18,19). The largest absolute Gasteiger partial charge is 0.378 e. The molecule has 0 bridgehead atoms. The molecule has 20 heavy (non-hydrogen) atoms. The molecular weight excluding hydrogens is 254 g/mol. The van der Waals surface area contributed by atoms with Gasteiger partial charge in [0.05, 0.1) is 11.8 Å². The lowest BCUT2D eigenvalue weighted by Crippen LogP contribution is -2.62. The molecule has 110 valence electrons. The maximum atomic E-state index is 12.2. The van der Waals surface area contributed by atoms with E-state index in [0.717, 1.165) is 12.1 Å². The van der Waals surface area contributed by atoms with E-state index in [0.29, 0.717) is 18.7 Å². The lowest BCUT2D eigenvalue weighted by atomic mass is 9.64. The number of hydrogen-bond donors (Lipinski definition) is 2. The van der Waals surface area contributed by atoms with E-state index in [1.54, 1.807) is 18.3 Å². The topological polar surface area (TPSA) is 77.2 Å². The third-order valence-corrected chi connectivity index (χ3v) is 4.14. The van der Waals surface area contributed by atoms with Crippen LogP contribution in [0.15, 0.2) is 18.3 Å². The second-order valence-electron chi connectivity index (χ2n) is 5.77. The Balaban J connectivity index is 1.99. The summed E-state index contributed by atoms with van der Waals surface area (Å²) in [4.78, 5) is 16.3. The van der Waals surface area contributed by atoms with Crippen LogP contribution in [0.4, 0.5) is 0 Å². The summed E-state index contributed by atoms with van der Waals surface area (Å²) in [6.45, 7) is 7.29. The van der Waals surface area contributed by atoms with Crippen LogP contribution < -0.4 is 11.1 Å². The van der Waals surface area contributed by atoms with Crippen LogP contribution in [0.1, 0.15) is 43.2 Å². The maximum Gasteiger partial charge on any atom is 0.251 e. The van der Waals surface area contributed by atoms with Crippen LogP contribution >= 0.6 is 0 Å². The van der Waals surface area contributed by atoms with Crippen LogP contribution in [-0.4, -0.2) is 29.6 Å². The highest BCUT2D eigenvalue weighted by Gasteiger charge is 2.49. The Morgan fingerprint density at radius 2 is 2.35 bits per heavy atom. The van der Waals surface area contributed by atoms with Gasteiger partial charge in [-0.05, 0) is 25.5 Å². The summed E-state index contributed by atoms with van der Waals surface area (Å²) < 4.78 is 5.67. The minimum Gasteiger partial charge on any atom is -0.378 e. The first-order valence-corrected chi connectivity index (χ1v) is 7.06. The maximum absolute atomic E-state index is 12.2. The quantitative estimate of drug-likeness (QED) is 0.854. The van der Waals surface area contributed by atoms with Crippen molar-refractivity contribution in [1.29, 1.82) is 0 Å². The van der Waals surface area contributed by atoms with Gasteiger partial charge in [-0.15, -0.1) is 0 Å². The Morgan fingerprint density at radius 3 is 2.95 bits per heavy atom. The zero-order chi connectivity index (χ0) is 14.8. The van der Waals surface area contributed by atoms with Gasteiger partial charge in [0, 0.05) is 36.4 Å². The Morgan fingerprint density at radius 1 is 1.60 bits per heavy atom. The molecule has 2 atom stereocenters. The van der Waals surface area contributed by atoms with Gasteiger partial charge in [-0.1, -0.05) is 13.8 Å². The van der Waals surface area contributed by atoms with E-state index >= 15 is 0 Å². The van der Waals surface area contributed by atoms with E-state index < -0.39 is 0 Å². The van der Waals surface area contributed by atoms with Crippen LogP contribution in [0.5, 0.6) is 0 Å². The van der Waals surface area contributed by atoms with Crippen molar-refractivity contribution < 1.29 is 9.53 Å². The Hall–Kier alpha value is -1.46. The predicted octanol–water partition coefficient (Wildman–Crippen LogP) is 1.47. The number of carbonyl (C=O) groups excluding carboxylic acids is 1. The summed E-state index contributed by atoms with van der Waals surface area (Å²) in [5.74, 6) is -0.0740. The molecule has 0 spiro atoms. The molecule has 0 saturated heterocycles. The van der Waals surface area contributed by atoms with E-state index in [9.17, 15) is 4.79 Å². The number of nitrogens with two attached hydrogens (primary N) is 1. The SMILES string of the molecule is CCOC1CC(NC(=O)c2ccnc(CN)c2)C1(C)C. The number of hydrogen-bond acceptors (Lipinski definition) is 4. The van der Waals surface area contributed by atoms with Crippen molar-refractivity contribution >= 4 is 5.91 Å². The number of ether oxygens (including phenoxy) is 1. The fourth-order valence-electron chi connectivity index (χ4n) is 2.59. The highest BCUT2D eigenvalue weighted by atomic mass is 16.5. The molecule has 0 radical (unpaired) electrons. The smallest absolute Gasteiger partial charge is 0.251 e. The normalized spacial score (nSPS) is 24.0. The number of aromatic nitrogens is 1. The molecule has 3 N–H and O–H groups in total. The summed E-state index contributed by atoms with van der Waals surface area (Å²) >= 11 is 0. The first-order valence-electron chi connectivity index (χ1n) is 7.06. The monoisotopic (exact) mass is 277 g/mol. The summed E-state index contributed by atoms with van der Waals surface area (Å²) in [5.41, 5.74) is 6.84. The molecule has 1 saturated carbocycles.